The number of nitrogens with zero attached hydrogens (tertiary/aromatic N) is 4. The van der Waals surface area contributed by atoms with Crippen LogP contribution >= 0.6 is 46.8 Å². The number of halogens is 2. The predicted molar refractivity (Wildman–Crippen MR) is 146 cm³/mol. The highest BCUT2D eigenvalue weighted by Crippen LogP contribution is 2.29. The third-order valence-corrected chi connectivity index (χ3v) is 6.53. The van der Waals surface area contributed by atoms with Crippen LogP contribution in [0, 0.1) is 6.92 Å². The van der Waals surface area contributed by atoms with Crippen LogP contribution in [0.2, 0.25) is 10.0 Å². The van der Waals surface area contributed by atoms with Crippen molar-refractivity contribution < 1.29 is 9.21 Å². The van der Waals surface area contributed by atoms with Crippen molar-refractivity contribution in [1.29, 1.82) is 0 Å². The van der Waals surface area contributed by atoms with Crippen LogP contribution in [0.25, 0.3) is 32.9 Å². The molecule has 3 aromatic heterocycles. The fraction of sp³-hybridized carbons (Fsp3) is 0.0417. The van der Waals surface area contributed by atoms with Gasteiger partial charge in [0.25, 0.3) is 0 Å². The molecule has 1 amide bonds. The molecule has 0 radical (unpaired) electrons. The summed E-state index contributed by atoms with van der Waals surface area (Å²) < 4.78 is 7.46. The summed E-state index contributed by atoms with van der Waals surface area (Å²) in [7, 11) is 0. The fourth-order valence-corrected chi connectivity index (χ4v) is 4.93. The molecule has 2 aromatic carbocycles. The molecule has 0 unspecified atom stereocenters. The summed E-state index contributed by atoms with van der Waals surface area (Å²) >= 11 is 18.8. The van der Waals surface area contributed by atoms with Crippen molar-refractivity contribution in [2.75, 3.05) is 5.32 Å². The van der Waals surface area contributed by atoms with Crippen LogP contribution in [-0.4, -0.2) is 30.8 Å². The van der Waals surface area contributed by atoms with Gasteiger partial charge in [0.1, 0.15) is 16.5 Å². The highest BCUT2D eigenvalue weighted by molar-refractivity contribution is 7.80. The van der Waals surface area contributed by atoms with E-state index in [0.29, 0.717) is 21.6 Å². The molecule has 12 heteroatoms. The lowest BCUT2D eigenvalue weighted by atomic mass is 10.2. The predicted octanol–water partition coefficient (Wildman–Crippen LogP) is 6.25. The zero-order valence-corrected chi connectivity index (χ0v) is 21.7. The first-order valence-electron chi connectivity index (χ1n) is 10.5. The van der Waals surface area contributed by atoms with E-state index in [1.165, 1.54) is 17.4 Å². The van der Waals surface area contributed by atoms with Crippen LogP contribution in [0.4, 0.5) is 5.69 Å². The number of carbonyl (C=O) groups excluding carboxylic acids is 1. The molecule has 5 aromatic rings. The highest BCUT2D eigenvalue weighted by Gasteiger charge is 2.11. The van der Waals surface area contributed by atoms with Gasteiger partial charge in [0.05, 0.1) is 0 Å². The number of anilines is 1. The lowest BCUT2D eigenvalue weighted by molar-refractivity contribution is -0.115. The molecule has 2 N–H and O–H groups in total. The first-order valence-corrected chi connectivity index (χ1v) is 12.5. The Bertz CT molecular complexity index is 1600. The van der Waals surface area contributed by atoms with Gasteiger partial charge >= 0.3 is 0 Å². The van der Waals surface area contributed by atoms with Gasteiger partial charge in [-0.1, -0.05) is 34.5 Å². The third kappa shape index (κ3) is 5.47. The lowest BCUT2D eigenvalue weighted by Gasteiger charge is -2.08. The second kappa shape index (κ2) is 10.2. The van der Waals surface area contributed by atoms with E-state index in [0.717, 1.165) is 32.6 Å². The van der Waals surface area contributed by atoms with E-state index >= 15 is 0 Å². The van der Waals surface area contributed by atoms with E-state index in [1.54, 1.807) is 40.9 Å². The molecule has 36 heavy (non-hydrogen) atoms. The number of thiocarbonyl (C=S) groups is 1. The third-order valence-electron chi connectivity index (χ3n) is 4.95. The lowest BCUT2D eigenvalue weighted by Crippen LogP contribution is -2.32. The van der Waals surface area contributed by atoms with E-state index in [4.69, 9.17) is 39.8 Å². The number of fused-ring (bicyclic) bond motifs is 1. The number of carbonyl (C=O) groups is 1. The zero-order chi connectivity index (χ0) is 25.2. The summed E-state index contributed by atoms with van der Waals surface area (Å²) in [5.41, 5.74) is 2.40. The molecular formula is C24H16Cl2N6O2S2. The summed E-state index contributed by atoms with van der Waals surface area (Å²) in [4.78, 5) is 13.0. The van der Waals surface area contributed by atoms with Gasteiger partial charge in [-0.3, -0.25) is 10.1 Å². The van der Waals surface area contributed by atoms with Gasteiger partial charge in [-0.15, -0.1) is 10.2 Å². The number of furan rings is 1. The van der Waals surface area contributed by atoms with Crippen LogP contribution in [0.1, 0.15) is 11.6 Å². The maximum Gasteiger partial charge on any atom is 0.250 e. The number of amides is 1. The van der Waals surface area contributed by atoms with Crippen molar-refractivity contribution in [3.8, 4) is 21.9 Å². The Hall–Kier alpha value is -3.57. The van der Waals surface area contributed by atoms with Crippen molar-refractivity contribution in [3.63, 3.8) is 0 Å². The van der Waals surface area contributed by atoms with Crippen molar-refractivity contribution >= 4 is 74.5 Å². The number of hydrogen-bond acceptors (Lipinski definition) is 7. The monoisotopic (exact) mass is 554 g/mol. The SMILES string of the molecule is Cc1nnc2sc(-c3ccc(NC(=S)NC(=O)/C=C/c4ccc(-c5cc(Cl)cc(Cl)c5)o4)cc3)nn12. The van der Waals surface area contributed by atoms with Crippen molar-refractivity contribution in [3.05, 3.63) is 82.3 Å². The molecule has 5 rings (SSSR count). The van der Waals surface area contributed by atoms with Gasteiger partial charge in [-0.05, 0) is 79.8 Å². The molecule has 0 fully saturated rings. The zero-order valence-electron chi connectivity index (χ0n) is 18.5. The van der Waals surface area contributed by atoms with Crippen LogP contribution in [0.15, 0.2) is 65.1 Å². The van der Waals surface area contributed by atoms with Crippen LogP contribution in [-0.2, 0) is 4.79 Å². The van der Waals surface area contributed by atoms with Gasteiger partial charge in [0.2, 0.25) is 10.9 Å². The summed E-state index contributed by atoms with van der Waals surface area (Å²) in [6.07, 6.45) is 2.88. The minimum Gasteiger partial charge on any atom is -0.457 e. The molecule has 8 nitrogen and oxygen atoms in total. The van der Waals surface area contributed by atoms with E-state index in [9.17, 15) is 4.79 Å². The molecule has 0 aliphatic carbocycles. The Morgan fingerprint density at radius 2 is 1.81 bits per heavy atom. The average Bonchev–Trinajstić information content (AvgIpc) is 3.55. The Kier molecular flexibility index (Phi) is 6.84. The molecule has 0 aliphatic heterocycles. The van der Waals surface area contributed by atoms with Crippen molar-refractivity contribution in [1.82, 2.24) is 25.1 Å². The smallest absolute Gasteiger partial charge is 0.250 e. The van der Waals surface area contributed by atoms with E-state index in [-0.39, 0.29) is 5.11 Å². The first kappa shape index (κ1) is 24.1. The van der Waals surface area contributed by atoms with Crippen molar-refractivity contribution in [2.24, 2.45) is 0 Å². The summed E-state index contributed by atoms with van der Waals surface area (Å²) in [6, 6.07) is 16.2. The van der Waals surface area contributed by atoms with Crippen LogP contribution in [0.5, 0.6) is 0 Å². The summed E-state index contributed by atoms with van der Waals surface area (Å²) in [5, 5.41) is 20.2. The molecule has 180 valence electrons. The molecule has 0 spiro atoms. The number of hydrogen-bond donors (Lipinski definition) is 2. The first-order chi connectivity index (χ1) is 17.3. The fourth-order valence-electron chi connectivity index (χ4n) is 3.29. The Labute approximate surface area is 224 Å². The number of aromatic nitrogens is 4. The van der Waals surface area contributed by atoms with Gasteiger partial charge in [-0.2, -0.15) is 9.61 Å². The number of benzene rings is 2. The van der Waals surface area contributed by atoms with E-state index in [1.807, 2.05) is 31.2 Å². The molecule has 0 saturated carbocycles. The minimum absolute atomic E-state index is 0.167. The largest absolute Gasteiger partial charge is 0.457 e. The standard InChI is InChI=1S/C24H16Cl2N6O2S2/c1-13-29-30-24-32(13)31-22(36-24)14-2-4-18(5-3-14)27-23(35)28-21(33)9-7-19-6-8-20(34-19)15-10-16(25)12-17(26)11-15/h2-12H,1H3,(H2,27,28,33,35)/b9-7+. The van der Waals surface area contributed by atoms with E-state index < -0.39 is 5.91 Å². The normalized spacial score (nSPS) is 11.3. The average molecular weight is 555 g/mol. The molecular weight excluding hydrogens is 539 g/mol. The minimum atomic E-state index is -0.400. The Balaban J connectivity index is 1.17. The summed E-state index contributed by atoms with van der Waals surface area (Å²) in [5.74, 6) is 1.41. The van der Waals surface area contributed by atoms with Gasteiger partial charge in [0.15, 0.2) is 10.9 Å². The maximum absolute atomic E-state index is 12.3. The molecule has 0 aliphatic rings. The van der Waals surface area contributed by atoms with E-state index in [2.05, 4.69) is 25.9 Å². The highest BCUT2D eigenvalue weighted by atomic mass is 35.5. The number of aryl methyl sites for hydroxylation is 1. The van der Waals surface area contributed by atoms with Crippen molar-refractivity contribution in [2.45, 2.75) is 6.92 Å². The molecule has 0 atom stereocenters. The Morgan fingerprint density at radius 3 is 2.53 bits per heavy atom. The van der Waals surface area contributed by atoms with Crippen LogP contribution < -0.4 is 10.6 Å². The molecule has 0 bridgehead atoms. The van der Waals surface area contributed by atoms with Gasteiger partial charge in [-0.25, -0.2) is 0 Å². The maximum atomic E-state index is 12.3. The molecule has 3 heterocycles. The van der Waals surface area contributed by atoms with Crippen LogP contribution in [0.3, 0.4) is 0 Å². The number of nitrogens with one attached hydrogen (secondary N) is 2. The van der Waals surface area contributed by atoms with Gasteiger partial charge in [0, 0.05) is 32.9 Å². The second-order valence-corrected chi connectivity index (χ2v) is 9.80. The quantitative estimate of drug-likeness (QED) is 0.195. The topological polar surface area (TPSA) is 97.3 Å². The Morgan fingerprint density at radius 1 is 1.06 bits per heavy atom. The number of rotatable bonds is 5. The summed E-state index contributed by atoms with van der Waals surface area (Å²) in [6.45, 7) is 1.85. The molecule has 0 saturated heterocycles. The van der Waals surface area contributed by atoms with Gasteiger partial charge < -0.3 is 9.73 Å². The second-order valence-electron chi connectivity index (χ2n) is 7.56.